The molecule has 0 atom stereocenters. The molecule has 1 aromatic heterocycles. The summed E-state index contributed by atoms with van der Waals surface area (Å²) >= 11 is 3.41. The van der Waals surface area contributed by atoms with Crippen molar-refractivity contribution in [1.29, 1.82) is 0 Å². The molecule has 1 heterocycles. The molecule has 5 nitrogen and oxygen atoms in total. The van der Waals surface area contributed by atoms with Gasteiger partial charge in [0.15, 0.2) is 0 Å². The van der Waals surface area contributed by atoms with E-state index < -0.39 is 5.41 Å². The highest BCUT2D eigenvalue weighted by Gasteiger charge is 2.36. The van der Waals surface area contributed by atoms with Gasteiger partial charge in [-0.25, -0.2) is 0 Å². The smallest absolute Gasteiger partial charge is 0.239 e. The molecule has 0 spiro atoms. The third-order valence-corrected chi connectivity index (χ3v) is 4.17. The zero-order valence-corrected chi connectivity index (χ0v) is 14.9. The van der Waals surface area contributed by atoms with Crippen molar-refractivity contribution in [3.63, 3.8) is 0 Å². The monoisotopic (exact) mass is 378 g/mol. The first kappa shape index (κ1) is 17.3. The van der Waals surface area contributed by atoms with Crippen molar-refractivity contribution in [2.75, 3.05) is 5.32 Å². The van der Waals surface area contributed by atoms with E-state index in [2.05, 4.69) is 26.6 Å². The topological polar surface area (TPSA) is 71.3 Å². The molecule has 0 bridgehead atoms. The normalized spacial score (nSPS) is 11.1. The van der Waals surface area contributed by atoms with Gasteiger partial charge in [0.25, 0.3) is 0 Å². The van der Waals surface area contributed by atoms with Gasteiger partial charge in [0, 0.05) is 4.47 Å². The SMILES string of the molecule is Cc1ccc(NC(=O)C(C)(C)C(=O)NCc2ccco2)c(Br)c1. The number of benzene rings is 1. The molecule has 0 aliphatic heterocycles. The molecule has 0 saturated heterocycles. The van der Waals surface area contributed by atoms with E-state index in [9.17, 15) is 9.59 Å². The van der Waals surface area contributed by atoms with Crippen LogP contribution in [0.5, 0.6) is 0 Å². The number of aryl methyl sites for hydroxylation is 1. The molecule has 0 aliphatic rings. The molecular weight excluding hydrogens is 360 g/mol. The van der Waals surface area contributed by atoms with Gasteiger partial charge in [-0.2, -0.15) is 0 Å². The highest BCUT2D eigenvalue weighted by Crippen LogP contribution is 2.26. The fourth-order valence-corrected chi connectivity index (χ4v) is 2.50. The number of carbonyl (C=O) groups is 2. The fraction of sp³-hybridized carbons (Fsp3) is 0.294. The maximum absolute atomic E-state index is 12.5. The summed E-state index contributed by atoms with van der Waals surface area (Å²) in [5, 5.41) is 5.49. The van der Waals surface area contributed by atoms with Gasteiger partial charge < -0.3 is 15.1 Å². The van der Waals surface area contributed by atoms with Crippen molar-refractivity contribution >= 4 is 33.4 Å². The van der Waals surface area contributed by atoms with Crippen LogP contribution in [-0.2, 0) is 16.1 Å². The third kappa shape index (κ3) is 4.22. The average molecular weight is 379 g/mol. The standard InChI is InChI=1S/C17H19BrN2O3/c1-11-6-7-14(13(18)9-11)20-16(22)17(2,3)15(21)19-10-12-5-4-8-23-12/h4-9H,10H2,1-3H3,(H,19,21)(H,20,22). The maximum Gasteiger partial charge on any atom is 0.239 e. The minimum Gasteiger partial charge on any atom is -0.467 e. The first-order valence-corrected chi connectivity index (χ1v) is 7.98. The molecule has 2 amide bonds. The van der Waals surface area contributed by atoms with Crippen molar-refractivity contribution in [3.8, 4) is 0 Å². The summed E-state index contributed by atoms with van der Waals surface area (Å²) in [6.07, 6.45) is 1.54. The molecule has 0 unspecified atom stereocenters. The molecule has 0 radical (unpaired) electrons. The Morgan fingerprint density at radius 2 is 1.96 bits per heavy atom. The highest BCUT2D eigenvalue weighted by atomic mass is 79.9. The molecule has 2 aromatic rings. The summed E-state index contributed by atoms with van der Waals surface area (Å²) in [4.78, 5) is 24.8. The Hall–Kier alpha value is -2.08. The zero-order valence-electron chi connectivity index (χ0n) is 13.3. The largest absolute Gasteiger partial charge is 0.467 e. The van der Waals surface area contributed by atoms with Crippen molar-refractivity contribution in [2.24, 2.45) is 5.41 Å². The van der Waals surface area contributed by atoms with E-state index in [0.29, 0.717) is 11.4 Å². The van der Waals surface area contributed by atoms with E-state index >= 15 is 0 Å². The van der Waals surface area contributed by atoms with Crippen LogP contribution < -0.4 is 10.6 Å². The van der Waals surface area contributed by atoms with Crippen LogP contribution in [0.4, 0.5) is 5.69 Å². The summed E-state index contributed by atoms with van der Waals surface area (Å²) in [7, 11) is 0. The predicted octanol–water partition coefficient (Wildman–Crippen LogP) is 3.63. The van der Waals surface area contributed by atoms with Crippen LogP contribution in [0, 0.1) is 12.3 Å². The van der Waals surface area contributed by atoms with Gasteiger partial charge in [-0.1, -0.05) is 6.07 Å². The van der Waals surface area contributed by atoms with Gasteiger partial charge in [-0.15, -0.1) is 0 Å². The molecule has 122 valence electrons. The van der Waals surface area contributed by atoms with E-state index in [0.717, 1.165) is 10.0 Å². The molecule has 1 aromatic carbocycles. The number of hydrogen-bond donors (Lipinski definition) is 2. The van der Waals surface area contributed by atoms with Crippen LogP contribution in [0.15, 0.2) is 45.5 Å². The fourth-order valence-electron chi connectivity index (χ4n) is 1.90. The second kappa shape index (κ2) is 7.00. The Kier molecular flexibility index (Phi) is 5.26. The minimum atomic E-state index is -1.21. The summed E-state index contributed by atoms with van der Waals surface area (Å²) in [6, 6.07) is 9.10. The summed E-state index contributed by atoms with van der Waals surface area (Å²) in [5.74, 6) is -0.107. The Balaban J connectivity index is 2.02. The van der Waals surface area contributed by atoms with E-state index in [1.54, 1.807) is 32.0 Å². The van der Waals surface area contributed by atoms with Gasteiger partial charge in [-0.3, -0.25) is 9.59 Å². The second-order valence-electron chi connectivity index (χ2n) is 5.82. The molecule has 2 rings (SSSR count). The number of rotatable bonds is 5. The highest BCUT2D eigenvalue weighted by molar-refractivity contribution is 9.10. The van der Waals surface area contributed by atoms with E-state index in [1.165, 1.54) is 6.26 Å². The summed E-state index contributed by atoms with van der Waals surface area (Å²) in [5.41, 5.74) is 0.495. The third-order valence-electron chi connectivity index (χ3n) is 3.51. The van der Waals surface area contributed by atoms with Crippen LogP contribution in [0.1, 0.15) is 25.2 Å². The van der Waals surface area contributed by atoms with E-state index in [4.69, 9.17) is 4.42 Å². The Morgan fingerprint density at radius 1 is 1.22 bits per heavy atom. The lowest BCUT2D eigenvalue weighted by molar-refractivity contribution is -0.138. The molecule has 23 heavy (non-hydrogen) atoms. The van der Waals surface area contributed by atoms with Gasteiger partial charge >= 0.3 is 0 Å². The Morgan fingerprint density at radius 3 is 2.57 bits per heavy atom. The first-order chi connectivity index (χ1) is 10.8. The quantitative estimate of drug-likeness (QED) is 0.780. The number of halogens is 1. The van der Waals surface area contributed by atoms with Gasteiger partial charge in [0.05, 0.1) is 18.5 Å². The zero-order chi connectivity index (χ0) is 17.0. The summed E-state index contributed by atoms with van der Waals surface area (Å²) in [6.45, 7) is 5.38. The van der Waals surface area contributed by atoms with Crippen LogP contribution in [0.3, 0.4) is 0 Å². The van der Waals surface area contributed by atoms with Crippen LogP contribution in [0.25, 0.3) is 0 Å². The summed E-state index contributed by atoms with van der Waals surface area (Å²) < 4.78 is 5.93. The van der Waals surface area contributed by atoms with E-state index in [1.807, 2.05) is 19.1 Å². The lowest BCUT2D eigenvalue weighted by Crippen LogP contribution is -2.44. The van der Waals surface area contributed by atoms with Crippen LogP contribution in [0.2, 0.25) is 0 Å². The molecule has 2 N–H and O–H groups in total. The Bertz CT molecular complexity index is 709. The molecule has 0 aliphatic carbocycles. The molecular formula is C17H19BrN2O3. The van der Waals surface area contributed by atoms with Gasteiger partial charge in [-0.05, 0) is 66.5 Å². The molecule has 6 heteroatoms. The Labute approximate surface area is 143 Å². The number of carbonyl (C=O) groups excluding carboxylic acids is 2. The number of amides is 2. The number of furan rings is 1. The van der Waals surface area contributed by atoms with Crippen molar-refractivity contribution in [2.45, 2.75) is 27.3 Å². The van der Waals surface area contributed by atoms with Gasteiger partial charge in [0.2, 0.25) is 11.8 Å². The van der Waals surface area contributed by atoms with Gasteiger partial charge in [0.1, 0.15) is 11.2 Å². The number of anilines is 1. The minimum absolute atomic E-state index is 0.247. The molecule has 0 saturated carbocycles. The lowest BCUT2D eigenvalue weighted by Gasteiger charge is -2.23. The average Bonchev–Trinajstić information content (AvgIpc) is 3.00. The van der Waals surface area contributed by atoms with E-state index in [-0.39, 0.29) is 18.4 Å². The second-order valence-corrected chi connectivity index (χ2v) is 6.68. The van der Waals surface area contributed by atoms with Crippen LogP contribution in [-0.4, -0.2) is 11.8 Å². The number of hydrogen-bond acceptors (Lipinski definition) is 3. The lowest BCUT2D eigenvalue weighted by atomic mass is 9.91. The molecule has 0 fully saturated rings. The maximum atomic E-state index is 12.5. The first-order valence-electron chi connectivity index (χ1n) is 7.19. The van der Waals surface area contributed by atoms with Crippen molar-refractivity contribution in [3.05, 3.63) is 52.4 Å². The predicted molar refractivity (Wildman–Crippen MR) is 91.8 cm³/mol. The van der Waals surface area contributed by atoms with Crippen LogP contribution >= 0.6 is 15.9 Å². The van der Waals surface area contributed by atoms with Crippen molar-refractivity contribution in [1.82, 2.24) is 5.32 Å². The van der Waals surface area contributed by atoms with Crippen molar-refractivity contribution < 1.29 is 14.0 Å². The number of nitrogens with one attached hydrogen (secondary N) is 2.